The van der Waals surface area contributed by atoms with Gasteiger partial charge in [-0.15, -0.1) is 0 Å². The molecule has 1 nitrogen and oxygen atoms in total. The van der Waals surface area contributed by atoms with E-state index in [2.05, 4.69) is 82.4 Å². The van der Waals surface area contributed by atoms with Crippen molar-refractivity contribution in [2.24, 2.45) is 5.92 Å². The molecule has 27 heavy (non-hydrogen) atoms. The quantitative estimate of drug-likeness (QED) is 0.516. The number of thioether (sulfide) groups is 1. The van der Waals surface area contributed by atoms with Gasteiger partial charge >= 0.3 is 164 Å². The van der Waals surface area contributed by atoms with E-state index in [1.807, 2.05) is 11.8 Å². The van der Waals surface area contributed by atoms with Crippen LogP contribution in [0.5, 0.6) is 0 Å². The van der Waals surface area contributed by atoms with Gasteiger partial charge in [0.1, 0.15) is 0 Å². The Labute approximate surface area is 187 Å². The van der Waals surface area contributed by atoms with Gasteiger partial charge in [-0.2, -0.15) is 0 Å². The van der Waals surface area contributed by atoms with Gasteiger partial charge in [0, 0.05) is 0 Å². The van der Waals surface area contributed by atoms with E-state index in [1.54, 1.807) is 15.3 Å². The average Bonchev–Trinajstić information content (AvgIpc) is 3.28. The third-order valence-corrected chi connectivity index (χ3v) is 14.3. The standard InChI is InChI=1S/C10H12N.C9H7S.C3H6.2ClH.Zr/c1-7-4-9-6-8(2)11(3)10(9)5-7;1-10-9-6-5-7-3-2-4-8(7)9;1-3-2;;;/h5-6,9H,1-3H3;2-3,5-6H,1H3;1-2H3;2*1H;/q;;;;;+2/p-2. The third kappa shape index (κ3) is 3.55. The minimum atomic E-state index is -2.08. The van der Waals surface area contributed by atoms with Gasteiger partial charge < -0.3 is 24.8 Å². The Morgan fingerprint density at radius 1 is 1.11 bits per heavy atom. The molecule has 1 unspecified atom stereocenters. The molecular formula is C22H25Cl2NSZr. The van der Waals surface area contributed by atoms with Crippen molar-refractivity contribution < 1.29 is 46.1 Å². The summed E-state index contributed by atoms with van der Waals surface area (Å²) in [5, 5.41) is 0. The molecule has 0 spiro atoms. The van der Waals surface area contributed by atoms with Crippen LogP contribution in [-0.2, 0) is 21.3 Å². The molecule has 0 amide bonds. The molecule has 0 aromatic rings. The molecule has 4 rings (SSSR count). The summed E-state index contributed by atoms with van der Waals surface area (Å²) in [7, 11) is 2.21. The first kappa shape index (κ1) is 22.9. The average molecular weight is 498 g/mol. The summed E-state index contributed by atoms with van der Waals surface area (Å²) < 4.78 is 5.12. The molecule has 3 aliphatic carbocycles. The molecule has 0 saturated carbocycles. The molecule has 0 N–H and O–H groups in total. The molecule has 0 bridgehead atoms. The molecular weight excluding hydrogens is 472 g/mol. The SMILES string of the molecule is CSC1=CC=C2C=C[C]([Zr+2]([C]3=C(C)C=C4C3C=C(C)N4C)=[C](C)C)=C21.[Cl-].[Cl-]. The van der Waals surface area contributed by atoms with Crippen molar-refractivity contribution in [3.05, 3.63) is 76.0 Å². The van der Waals surface area contributed by atoms with Crippen molar-refractivity contribution in [1.82, 2.24) is 4.90 Å². The Morgan fingerprint density at radius 3 is 2.44 bits per heavy atom. The van der Waals surface area contributed by atoms with Crippen LogP contribution in [0.25, 0.3) is 0 Å². The molecule has 1 heterocycles. The number of rotatable bonds is 3. The summed E-state index contributed by atoms with van der Waals surface area (Å²) in [6.07, 6.45) is 16.5. The van der Waals surface area contributed by atoms with E-state index in [0.29, 0.717) is 5.92 Å². The zero-order chi connectivity index (χ0) is 17.9. The van der Waals surface area contributed by atoms with Crippen LogP contribution >= 0.6 is 11.8 Å². The molecule has 142 valence electrons. The predicted molar refractivity (Wildman–Crippen MR) is 108 cm³/mol. The molecule has 0 radical (unpaired) electrons. The molecule has 1 aliphatic heterocycles. The van der Waals surface area contributed by atoms with Crippen molar-refractivity contribution in [3.63, 3.8) is 0 Å². The van der Waals surface area contributed by atoms with Crippen molar-refractivity contribution in [1.29, 1.82) is 0 Å². The summed E-state index contributed by atoms with van der Waals surface area (Å²) in [5.74, 6) is 0.520. The molecule has 1 atom stereocenters. The first-order valence-electron chi connectivity index (χ1n) is 8.85. The van der Waals surface area contributed by atoms with Gasteiger partial charge in [-0.25, -0.2) is 0 Å². The first-order chi connectivity index (χ1) is 11.9. The van der Waals surface area contributed by atoms with Gasteiger partial charge in [-0.3, -0.25) is 0 Å². The maximum Gasteiger partial charge on any atom is -1.00 e. The Balaban J connectivity index is 0.00000131. The minimum absolute atomic E-state index is 0. The number of halogens is 2. The Hall–Kier alpha value is -0.337. The fourth-order valence-corrected chi connectivity index (χ4v) is 13.0. The normalized spacial score (nSPS) is 21.7. The molecule has 0 aromatic heterocycles. The second-order valence-electron chi connectivity index (χ2n) is 7.36. The summed E-state index contributed by atoms with van der Waals surface area (Å²) in [6, 6.07) is 0. The minimum Gasteiger partial charge on any atom is -1.00 e. The molecule has 0 saturated heterocycles. The van der Waals surface area contributed by atoms with Gasteiger partial charge in [0.25, 0.3) is 0 Å². The zero-order valence-corrected chi connectivity index (χ0v) is 21.4. The molecule has 5 heteroatoms. The number of hydrogen-bond acceptors (Lipinski definition) is 2. The first-order valence-corrected chi connectivity index (χ1v) is 13.8. The summed E-state index contributed by atoms with van der Waals surface area (Å²) >= 11 is -0.190. The van der Waals surface area contributed by atoms with Gasteiger partial charge in [0.2, 0.25) is 0 Å². The summed E-state index contributed by atoms with van der Waals surface area (Å²) in [5.41, 5.74) is 7.38. The topological polar surface area (TPSA) is 3.24 Å². The number of hydrogen-bond donors (Lipinski definition) is 0. The summed E-state index contributed by atoms with van der Waals surface area (Å²) in [4.78, 5) is 3.83. The molecule has 4 aliphatic rings. The summed E-state index contributed by atoms with van der Waals surface area (Å²) in [6.45, 7) is 9.33. The predicted octanol–water partition coefficient (Wildman–Crippen LogP) is -0.527. The van der Waals surface area contributed by atoms with Crippen molar-refractivity contribution in [2.75, 3.05) is 13.3 Å². The third-order valence-electron chi connectivity index (χ3n) is 5.65. The smallest absolute Gasteiger partial charge is 1.00 e. The zero-order valence-electron chi connectivity index (χ0n) is 16.7. The fraction of sp³-hybridized carbons (Fsp3) is 0.318. The number of allylic oxidation sites excluding steroid dienone is 11. The van der Waals surface area contributed by atoms with Crippen LogP contribution < -0.4 is 24.8 Å². The van der Waals surface area contributed by atoms with Crippen LogP contribution in [0.1, 0.15) is 27.7 Å². The van der Waals surface area contributed by atoms with E-state index in [1.165, 1.54) is 27.4 Å². The van der Waals surface area contributed by atoms with E-state index < -0.39 is 21.3 Å². The van der Waals surface area contributed by atoms with Gasteiger partial charge in [0.15, 0.2) is 0 Å². The number of fused-ring (bicyclic) bond motifs is 2. The Kier molecular flexibility index (Phi) is 7.29. The van der Waals surface area contributed by atoms with Crippen molar-refractivity contribution >= 4 is 15.0 Å². The monoisotopic (exact) mass is 495 g/mol. The molecule has 0 aromatic carbocycles. The van der Waals surface area contributed by atoms with Gasteiger partial charge in [-0.1, -0.05) is 0 Å². The van der Waals surface area contributed by atoms with Crippen LogP contribution in [0.3, 0.4) is 0 Å². The Bertz CT molecular complexity index is 937. The van der Waals surface area contributed by atoms with Crippen LogP contribution in [0.2, 0.25) is 0 Å². The van der Waals surface area contributed by atoms with Crippen LogP contribution in [0, 0.1) is 5.92 Å². The van der Waals surface area contributed by atoms with Crippen molar-refractivity contribution in [2.45, 2.75) is 27.7 Å². The fourth-order valence-electron chi connectivity index (χ4n) is 4.39. The van der Waals surface area contributed by atoms with Gasteiger partial charge in [-0.05, 0) is 0 Å². The largest absolute Gasteiger partial charge is 1.00 e. The van der Waals surface area contributed by atoms with Crippen LogP contribution in [0.15, 0.2) is 76.0 Å². The second-order valence-corrected chi connectivity index (χ2v) is 15.2. The van der Waals surface area contributed by atoms with E-state index in [4.69, 9.17) is 0 Å². The van der Waals surface area contributed by atoms with Gasteiger partial charge in [0.05, 0.1) is 0 Å². The number of nitrogens with zero attached hydrogens (tertiary/aromatic N) is 1. The Morgan fingerprint density at radius 2 is 1.81 bits per heavy atom. The van der Waals surface area contributed by atoms with Crippen LogP contribution in [0.4, 0.5) is 0 Å². The van der Waals surface area contributed by atoms with Crippen molar-refractivity contribution in [3.8, 4) is 0 Å². The maximum atomic E-state index is 2.49. The van der Waals surface area contributed by atoms with Crippen LogP contribution in [-0.4, -0.2) is 21.4 Å². The van der Waals surface area contributed by atoms with E-state index in [0.717, 1.165) is 0 Å². The van der Waals surface area contributed by atoms with E-state index >= 15 is 0 Å². The van der Waals surface area contributed by atoms with E-state index in [9.17, 15) is 0 Å². The second kappa shape index (κ2) is 8.58. The molecule has 0 fully saturated rings. The van der Waals surface area contributed by atoms with E-state index in [-0.39, 0.29) is 24.8 Å². The maximum absolute atomic E-state index is 2.49.